The summed E-state index contributed by atoms with van der Waals surface area (Å²) in [7, 11) is 0. The summed E-state index contributed by atoms with van der Waals surface area (Å²) in [5, 5.41) is 4.07. The standard InChI is InChI=1S/C14H12ClN3O/c1-10(15)14-16-8-13(19-14)11-7-17-18(9-11)12-5-3-2-4-6-12/h2-10H,1H3. The summed E-state index contributed by atoms with van der Waals surface area (Å²) in [6.45, 7) is 1.82. The fraction of sp³-hybridized carbons (Fsp3) is 0.143. The van der Waals surface area contributed by atoms with E-state index in [4.69, 9.17) is 16.0 Å². The molecule has 1 aromatic carbocycles. The van der Waals surface area contributed by atoms with Crippen molar-refractivity contribution in [1.82, 2.24) is 14.8 Å². The number of para-hydroxylation sites is 1. The summed E-state index contributed by atoms with van der Waals surface area (Å²) in [5.74, 6) is 1.19. The van der Waals surface area contributed by atoms with Crippen LogP contribution in [0.5, 0.6) is 0 Å². The third kappa shape index (κ3) is 2.39. The van der Waals surface area contributed by atoms with Crippen molar-refractivity contribution in [2.45, 2.75) is 12.3 Å². The maximum atomic E-state index is 5.93. The van der Waals surface area contributed by atoms with Crippen LogP contribution in [0.25, 0.3) is 17.0 Å². The fourth-order valence-electron chi connectivity index (χ4n) is 1.78. The van der Waals surface area contributed by atoms with E-state index >= 15 is 0 Å². The Labute approximate surface area is 115 Å². The minimum Gasteiger partial charge on any atom is -0.439 e. The minimum atomic E-state index is -0.238. The second kappa shape index (κ2) is 4.90. The molecule has 0 fully saturated rings. The van der Waals surface area contributed by atoms with Crippen molar-refractivity contribution in [3.05, 3.63) is 54.8 Å². The van der Waals surface area contributed by atoms with Crippen LogP contribution in [0.2, 0.25) is 0 Å². The van der Waals surface area contributed by atoms with Gasteiger partial charge in [0.05, 0.1) is 23.6 Å². The first-order valence-corrected chi connectivity index (χ1v) is 6.38. The average Bonchev–Trinajstić information content (AvgIpc) is 3.09. The maximum Gasteiger partial charge on any atom is 0.212 e. The molecule has 2 aromatic heterocycles. The van der Waals surface area contributed by atoms with Gasteiger partial charge < -0.3 is 4.42 Å². The summed E-state index contributed by atoms with van der Waals surface area (Å²) in [6.07, 6.45) is 5.31. The van der Waals surface area contributed by atoms with Gasteiger partial charge in [-0.05, 0) is 19.1 Å². The second-order valence-electron chi connectivity index (χ2n) is 4.19. The highest BCUT2D eigenvalue weighted by molar-refractivity contribution is 6.20. The highest BCUT2D eigenvalue weighted by atomic mass is 35.5. The molecule has 0 bridgehead atoms. The highest BCUT2D eigenvalue weighted by Gasteiger charge is 2.12. The molecule has 1 atom stereocenters. The second-order valence-corrected chi connectivity index (χ2v) is 4.84. The monoisotopic (exact) mass is 273 g/mol. The summed E-state index contributed by atoms with van der Waals surface area (Å²) in [5.41, 5.74) is 1.87. The van der Waals surface area contributed by atoms with Crippen molar-refractivity contribution < 1.29 is 4.42 Å². The Kier molecular flexibility index (Phi) is 3.09. The molecule has 0 saturated carbocycles. The molecular weight excluding hydrogens is 262 g/mol. The van der Waals surface area contributed by atoms with Gasteiger partial charge in [0.15, 0.2) is 5.76 Å². The van der Waals surface area contributed by atoms with Crippen LogP contribution in [-0.2, 0) is 0 Å². The first-order chi connectivity index (χ1) is 9.24. The van der Waals surface area contributed by atoms with Crippen LogP contribution < -0.4 is 0 Å². The lowest BCUT2D eigenvalue weighted by Gasteiger charge is -1.98. The van der Waals surface area contributed by atoms with Crippen LogP contribution in [-0.4, -0.2) is 14.8 Å². The number of oxazole rings is 1. The molecule has 4 nitrogen and oxygen atoms in total. The molecule has 0 aliphatic heterocycles. The van der Waals surface area contributed by atoms with Gasteiger partial charge in [0, 0.05) is 6.20 Å². The first kappa shape index (κ1) is 12.0. The van der Waals surface area contributed by atoms with E-state index in [-0.39, 0.29) is 5.38 Å². The molecule has 0 saturated heterocycles. The Balaban J connectivity index is 1.92. The molecule has 2 heterocycles. The predicted molar refractivity (Wildman–Crippen MR) is 73.3 cm³/mol. The van der Waals surface area contributed by atoms with Crippen LogP contribution in [0.3, 0.4) is 0 Å². The van der Waals surface area contributed by atoms with E-state index in [0.29, 0.717) is 11.7 Å². The zero-order valence-corrected chi connectivity index (χ0v) is 11.1. The van der Waals surface area contributed by atoms with Gasteiger partial charge in [-0.2, -0.15) is 5.10 Å². The molecule has 0 amide bonds. The molecular formula is C14H12ClN3O. The number of benzene rings is 1. The minimum absolute atomic E-state index is 0.238. The number of halogens is 1. The van der Waals surface area contributed by atoms with Crippen molar-refractivity contribution in [2.75, 3.05) is 0 Å². The van der Waals surface area contributed by atoms with Gasteiger partial charge in [0.2, 0.25) is 5.89 Å². The lowest BCUT2D eigenvalue weighted by atomic mass is 10.3. The Bertz CT molecular complexity index is 673. The van der Waals surface area contributed by atoms with Crippen molar-refractivity contribution >= 4 is 11.6 Å². The molecule has 0 spiro atoms. The van der Waals surface area contributed by atoms with Gasteiger partial charge in [-0.3, -0.25) is 0 Å². The summed E-state index contributed by atoms with van der Waals surface area (Å²) < 4.78 is 7.38. The maximum absolute atomic E-state index is 5.93. The third-order valence-corrected chi connectivity index (χ3v) is 2.94. The van der Waals surface area contributed by atoms with Crippen LogP contribution in [0.4, 0.5) is 0 Å². The highest BCUT2D eigenvalue weighted by Crippen LogP contribution is 2.25. The summed E-state index contributed by atoms with van der Waals surface area (Å²) in [4.78, 5) is 4.14. The number of rotatable bonds is 3. The molecule has 0 radical (unpaired) electrons. The van der Waals surface area contributed by atoms with E-state index in [2.05, 4.69) is 10.1 Å². The van der Waals surface area contributed by atoms with Gasteiger partial charge >= 0.3 is 0 Å². The van der Waals surface area contributed by atoms with Gasteiger partial charge in [-0.15, -0.1) is 11.6 Å². The smallest absolute Gasteiger partial charge is 0.212 e. The van der Waals surface area contributed by atoms with E-state index < -0.39 is 0 Å². The molecule has 0 aliphatic carbocycles. The van der Waals surface area contributed by atoms with E-state index in [0.717, 1.165) is 11.3 Å². The number of hydrogen-bond acceptors (Lipinski definition) is 3. The van der Waals surface area contributed by atoms with E-state index in [1.165, 1.54) is 0 Å². The van der Waals surface area contributed by atoms with E-state index in [9.17, 15) is 0 Å². The van der Waals surface area contributed by atoms with Crippen LogP contribution in [0, 0.1) is 0 Å². The summed E-state index contributed by atoms with van der Waals surface area (Å²) >= 11 is 5.93. The fourth-order valence-corrected chi connectivity index (χ4v) is 1.88. The predicted octanol–water partition coefficient (Wildman–Crippen LogP) is 3.83. The van der Waals surface area contributed by atoms with Gasteiger partial charge in [0.25, 0.3) is 0 Å². The molecule has 1 unspecified atom stereocenters. The zero-order valence-electron chi connectivity index (χ0n) is 10.3. The van der Waals surface area contributed by atoms with Gasteiger partial charge in [-0.1, -0.05) is 18.2 Å². The van der Waals surface area contributed by atoms with Crippen LogP contribution >= 0.6 is 11.6 Å². The molecule has 5 heteroatoms. The molecule has 0 aliphatic rings. The first-order valence-electron chi connectivity index (χ1n) is 5.94. The molecule has 19 heavy (non-hydrogen) atoms. The Hall–Kier alpha value is -2.07. The number of hydrogen-bond donors (Lipinski definition) is 0. The summed E-state index contributed by atoms with van der Waals surface area (Å²) in [6, 6.07) is 9.89. The van der Waals surface area contributed by atoms with Crippen LogP contribution in [0.1, 0.15) is 18.2 Å². The Morgan fingerprint density at radius 2 is 2.00 bits per heavy atom. The largest absolute Gasteiger partial charge is 0.439 e. The number of alkyl halides is 1. The molecule has 0 N–H and O–H groups in total. The number of aromatic nitrogens is 3. The van der Waals surface area contributed by atoms with Gasteiger partial charge in [0.1, 0.15) is 5.38 Å². The quantitative estimate of drug-likeness (QED) is 0.681. The molecule has 3 rings (SSSR count). The average molecular weight is 274 g/mol. The normalized spacial score (nSPS) is 12.5. The molecule has 96 valence electrons. The Morgan fingerprint density at radius 1 is 1.21 bits per heavy atom. The van der Waals surface area contributed by atoms with Crippen LogP contribution in [0.15, 0.2) is 53.3 Å². The van der Waals surface area contributed by atoms with Crippen molar-refractivity contribution in [2.24, 2.45) is 0 Å². The molecule has 3 aromatic rings. The van der Waals surface area contributed by atoms with Crippen molar-refractivity contribution in [3.63, 3.8) is 0 Å². The SMILES string of the molecule is CC(Cl)c1ncc(-c2cnn(-c3ccccc3)c2)o1. The van der Waals surface area contributed by atoms with E-state index in [1.54, 1.807) is 17.1 Å². The lowest BCUT2D eigenvalue weighted by molar-refractivity contribution is 0.508. The lowest BCUT2D eigenvalue weighted by Crippen LogP contribution is -1.92. The van der Waals surface area contributed by atoms with Crippen molar-refractivity contribution in [1.29, 1.82) is 0 Å². The van der Waals surface area contributed by atoms with Gasteiger partial charge in [-0.25, -0.2) is 9.67 Å². The van der Waals surface area contributed by atoms with Crippen molar-refractivity contribution in [3.8, 4) is 17.0 Å². The zero-order chi connectivity index (χ0) is 13.2. The number of nitrogens with zero attached hydrogens (tertiary/aromatic N) is 3. The Morgan fingerprint density at radius 3 is 2.68 bits per heavy atom. The topological polar surface area (TPSA) is 43.9 Å². The third-order valence-electron chi connectivity index (χ3n) is 2.75. The van der Waals surface area contributed by atoms with E-state index in [1.807, 2.05) is 43.5 Å².